The second-order valence-corrected chi connectivity index (χ2v) is 3.93. The Balaban J connectivity index is 2.22. The van der Waals surface area contributed by atoms with Gasteiger partial charge in [0.1, 0.15) is 0 Å². The molecule has 0 saturated heterocycles. The number of hydrogen-bond donors (Lipinski definition) is 0. The highest BCUT2D eigenvalue weighted by atomic mass is 32.1. The van der Waals surface area contributed by atoms with E-state index in [-0.39, 0.29) is 0 Å². The van der Waals surface area contributed by atoms with E-state index in [2.05, 4.69) is 24.8 Å². The quantitative estimate of drug-likeness (QED) is 0.579. The van der Waals surface area contributed by atoms with Crippen molar-refractivity contribution in [3.05, 3.63) is 46.0 Å². The first-order chi connectivity index (χ1) is 6.34. The standard InChI is InChI=1S/C11H8OS/c1-9-4-6-11(13-9)7-5-10-3-2-8-12-10/h2-4,6,8H,1H3. The highest BCUT2D eigenvalue weighted by Crippen LogP contribution is 2.13. The molecule has 0 fully saturated rings. The minimum atomic E-state index is 0.714. The fourth-order valence-corrected chi connectivity index (χ4v) is 1.70. The Morgan fingerprint density at radius 3 is 2.77 bits per heavy atom. The Morgan fingerprint density at radius 1 is 1.23 bits per heavy atom. The lowest BCUT2D eigenvalue weighted by Crippen LogP contribution is -1.63. The largest absolute Gasteiger partial charge is 0.456 e. The molecular formula is C11H8OS. The fourth-order valence-electron chi connectivity index (χ4n) is 0.975. The van der Waals surface area contributed by atoms with Crippen LogP contribution >= 0.6 is 11.3 Å². The summed E-state index contributed by atoms with van der Waals surface area (Å²) in [6.07, 6.45) is 1.63. The summed E-state index contributed by atoms with van der Waals surface area (Å²) in [5, 5.41) is 0. The van der Waals surface area contributed by atoms with Gasteiger partial charge in [-0.25, -0.2) is 0 Å². The van der Waals surface area contributed by atoms with Gasteiger partial charge in [-0.3, -0.25) is 0 Å². The first kappa shape index (κ1) is 8.15. The van der Waals surface area contributed by atoms with Crippen molar-refractivity contribution in [2.45, 2.75) is 6.92 Å². The van der Waals surface area contributed by atoms with Gasteiger partial charge >= 0.3 is 0 Å². The average Bonchev–Trinajstić information content (AvgIpc) is 2.71. The number of thiophene rings is 1. The molecule has 0 amide bonds. The van der Waals surface area contributed by atoms with Crippen LogP contribution < -0.4 is 0 Å². The van der Waals surface area contributed by atoms with Crippen molar-refractivity contribution in [1.82, 2.24) is 0 Å². The van der Waals surface area contributed by atoms with Gasteiger partial charge in [0.25, 0.3) is 0 Å². The third kappa shape index (κ3) is 2.01. The van der Waals surface area contributed by atoms with Gasteiger partial charge in [-0.15, -0.1) is 11.3 Å². The van der Waals surface area contributed by atoms with Crippen molar-refractivity contribution in [3.8, 4) is 11.8 Å². The third-order valence-corrected chi connectivity index (χ3v) is 2.49. The van der Waals surface area contributed by atoms with E-state index in [0.29, 0.717) is 5.76 Å². The van der Waals surface area contributed by atoms with Gasteiger partial charge in [-0.1, -0.05) is 0 Å². The predicted octanol–water partition coefficient (Wildman–Crippen LogP) is 3.05. The first-order valence-electron chi connectivity index (χ1n) is 3.96. The average molecular weight is 188 g/mol. The van der Waals surface area contributed by atoms with Crippen LogP contribution in [0, 0.1) is 18.8 Å². The van der Waals surface area contributed by atoms with E-state index in [1.54, 1.807) is 17.6 Å². The maximum Gasteiger partial charge on any atom is 0.176 e. The lowest BCUT2D eigenvalue weighted by molar-refractivity contribution is 0.554. The van der Waals surface area contributed by atoms with Crippen LogP contribution in [0.1, 0.15) is 15.5 Å². The predicted molar refractivity (Wildman–Crippen MR) is 53.7 cm³/mol. The molecule has 0 saturated carbocycles. The summed E-state index contributed by atoms with van der Waals surface area (Å²) in [6, 6.07) is 7.78. The molecule has 0 aliphatic rings. The molecule has 0 bridgehead atoms. The Hall–Kier alpha value is -1.46. The summed E-state index contributed by atoms with van der Waals surface area (Å²) in [5.41, 5.74) is 0. The van der Waals surface area contributed by atoms with Crippen LogP contribution in [0.2, 0.25) is 0 Å². The van der Waals surface area contributed by atoms with E-state index in [4.69, 9.17) is 4.42 Å². The van der Waals surface area contributed by atoms with Crippen molar-refractivity contribution in [1.29, 1.82) is 0 Å². The molecule has 64 valence electrons. The van der Waals surface area contributed by atoms with Gasteiger partial charge in [0, 0.05) is 4.88 Å². The van der Waals surface area contributed by atoms with Crippen LogP contribution in [0.15, 0.2) is 34.9 Å². The van der Waals surface area contributed by atoms with Gasteiger partial charge in [0.15, 0.2) is 5.76 Å². The van der Waals surface area contributed by atoms with Gasteiger partial charge < -0.3 is 4.42 Å². The van der Waals surface area contributed by atoms with Crippen LogP contribution in [0.4, 0.5) is 0 Å². The minimum Gasteiger partial charge on any atom is -0.456 e. The molecule has 0 N–H and O–H groups in total. The highest BCUT2D eigenvalue weighted by Gasteiger charge is 1.91. The molecule has 2 rings (SSSR count). The molecule has 2 heterocycles. The number of rotatable bonds is 0. The summed E-state index contributed by atoms with van der Waals surface area (Å²) >= 11 is 1.69. The maximum absolute atomic E-state index is 5.09. The van der Waals surface area contributed by atoms with Gasteiger partial charge in [-0.05, 0) is 43.0 Å². The number of aryl methyl sites for hydroxylation is 1. The molecule has 0 spiro atoms. The molecule has 2 aromatic rings. The van der Waals surface area contributed by atoms with Crippen LogP contribution in [-0.4, -0.2) is 0 Å². The summed E-state index contributed by atoms with van der Waals surface area (Å²) in [4.78, 5) is 2.36. The summed E-state index contributed by atoms with van der Waals surface area (Å²) in [6.45, 7) is 2.07. The molecule has 0 unspecified atom stereocenters. The number of hydrogen-bond acceptors (Lipinski definition) is 2. The van der Waals surface area contributed by atoms with Crippen molar-refractivity contribution in [3.63, 3.8) is 0 Å². The smallest absolute Gasteiger partial charge is 0.176 e. The van der Waals surface area contributed by atoms with E-state index in [0.717, 1.165) is 4.88 Å². The molecule has 1 nitrogen and oxygen atoms in total. The van der Waals surface area contributed by atoms with E-state index in [9.17, 15) is 0 Å². The van der Waals surface area contributed by atoms with Crippen molar-refractivity contribution in [2.24, 2.45) is 0 Å². The van der Waals surface area contributed by atoms with Crippen LogP contribution in [-0.2, 0) is 0 Å². The Bertz CT molecular complexity index is 440. The SMILES string of the molecule is Cc1ccc(C#Cc2ccco2)s1. The summed E-state index contributed by atoms with van der Waals surface area (Å²) in [7, 11) is 0. The molecule has 2 heteroatoms. The van der Waals surface area contributed by atoms with E-state index in [1.807, 2.05) is 18.2 Å². The molecule has 0 aromatic carbocycles. The minimum absolute atomic E-state index is 0.714. The van der Waals surface area contributed by atoms with Crippen LogP contribution in [0.5, 0.6) is 0 Å². The molecule has 2 aromatic heterocycles. The van der Waals surface area contributed by atoms with Gasteiger partial charge in [-0.2, -0.15) is 0 Å². The normalized spacial score (nSPS) is 9.31. The molecule has 0 atom stereocenters. The second-order valence-electron chi connectivity index (χ2n) is 2.64. The van der Waals surface area contributed by atoms with Crippen molar-refractivity contribution >= 4 is 11.3 Å². The van der Waals surface area contributed by atoms with Crippen LogP contribution in [0.3, 0.4) is 0 Å². The second kappa shape index (κ2) is 3.51. The third-order valence-electron chi connectivity index (χ3n) is 1.57. The van der Waals surface area contributed by atoms with Crippen molar-refractivity contribution < 1.29 is 4.42 Å². The molecule has 0 radical (unpaired) electrons. The Labute approximate surface area is 81.0 Å². The maximum atomic E-state index is 5.09. The molecule has 13 heavy (non-hydrogen) atoms. The zero-order valence-corrected chi connectivity index (χ0v) is 8.02. The zero-order valence-electron chi connectivity index (χ0n) is 7.20. The molecular weight excluding hydrogens is 180 g/mol. The lowest BCUT2D eigenvalue weighted by Gasteiger charge is -1.77. The highest BCUT2D eigenvalue weighted by molar-refractivity contribution is 7.12. The van der Waals surface area contributed by atoms with E-state index < -0.39 is 0 Å². The van der Waals surface area contributed by atoms with E-state index >= 15 is 0 Å². The monoisotopic (exact) mass is 188 g/mol. The van der Waals surface area contributed by atoms with Gasteiger partial charge in [0.05, 0.1) is 11.1 Å². The number of furan rings is 1. The van der Waals surface area contributed by atoms with Crippen molar-refractivity contribution in [2.75, 3.05) is 0 Å². The lowest BCUT2D eigenvalue weighted by atomic mass is 10.4. The summed E-state index contributed by atoms with van der Waals surface area (Å²) in [5.74, 6) is 6.70. The van der Waals surface area contributed by atoms with Gasteiger partial charge in [0.2, 0.25) is 0 Å². The molecule has 0 aliphatic heterocycles. The summed E-state index contributed by atoms with van der Waals surface area (Å²) < 4.78 is 5.09. The van der Waals surface area contributed by atoms with E-state index in [1.165, 1.54) is 4.88 Å². The topological polar surface area (TPSA) is 13.1 Å². The van der Waals surface area contributed by atoms with Crippen LogP contribution in [0.25, 0.3) is 0 Å². The fraction of sp³-hybridized carbons (Fsp3) is 0.0909. The first-order valence-corrected chi connectivity index (χ1v) is 4.78. The zero-order chi connectivity index (χ0) is 9.10. The molecule has 0 aliphatic carbocycles. The Morgan fingerprint density at radius 2 is 2.15 bits per heavy atom. The Kier molecular flexibility index (Phi) is 2.20.